The summed E-state index contributed by atoms with van der Waals surface area (Å²) in [6.07, 6.45) is -14.1. The number of hydrogen-bond acceptors (Lipinski definition) is 0. The average Bonchev–Trinajstić information content (AvgIpc) is 2.51. The number of allylic oxidation sites excluding steroid dienone is 3. The molecule has 27 heavy (non-hydrogen) atoms. The second-order valence-corrected chi connectivity index (χ2v) is 7.75. The van der Waals surface area contributed by atoms with Gasteiger partial charge in [-0.15, -0.1) is 0 Å². The Labute approximate surface area is 135 Å². The summed E-state index contributed by atoms with van der Waals surface area (Å²) >= 11 is 0. The van der Waals surface area contributed by atoms with Crippen molar-refractivity contribution >= 4 is 7.22 Å². The van der Waals surface area contributed by atoms with Gasteiger partial charge in [0, 0.05) is 0 Å². The molecule has 0 radical (unpaired) electrons. The number of halogens is 17. The number of rotatable bonds is 6. The second-order valence-electron chi connectivity index (χ2n) is 4.25. The third kappa shape index (κ3) is 2.97. The monoisotopic (exact) mass is 462 g/mol. The third-order valence-electron chi connectivity index (χ3n) is 2.77. The predicted molar refractivity (Wildman–Crippen MR) is 55.0 cm³/mol. The van der Waals surface area contributed by atoms with Crippen molar-refractivity contribution in [1.82, 2.24) is 0 Å². The summed E-state index contributed by atoms with van der Waals surface area (Å²) in [4.78, 5) is 0. The van der Waals surface area contributed by atoms with Crippen molar-refractivity contribution in [1.29, 1.82) is 0 Å². The average molecular weight is 462 g/mol. The van der Waals surface area contributed by atoms with Gasteiger partial charge in [-0.1, -0.05) is 0 Å². The Balaban J connectivity index is 7.79. The van der Waals surface area contributed by atoms with Gasteiger partial charge in [0.15, 0.2) is 0 Å². The number of hydrogen-bond donors (Lipinski definition) is 0. The van der Waals surface area contributed by atoms with Gasteiger partial charge in [0.05, 0.1) is 0 Å². The van der Waals surface area contributed by atoms with Crippen LogP contribution in [0.2, 0.25) is 0 Å². The molecule has 0 aromatic carbocycles. The van der Waals surface area contributed by atoms with E-state index in [1.807, 2.05) is 0 Å². The van der Waals surface area contributed by atoms with E-state index in [1.54, 1.807) is 0 Å². The first-order valence-corrected chi connectivity index (χ1v) is 7.36. The number of alkyl halides is 6. The van der Waals surface area contributed by atoms with Crippen molar-refractivity contribution < 1.29 is 74.3 Å². The maximum atomic E-state index is 14.0. The molecule has 0 aliphatic heterocycles. The van der Waals surface area contributed by atoms with E-state index in [-0.39, 0.29) is 0 Å². The molecule has 0 bridgehead atoms. The van der Waals surface area contributed by atoms with Gasteiger partial charge in [0.25, 0.3) is 0 Å². The first-order chi connectivity index (χ1) is 11.6. The Morgan fingerprint density at radius 2 is 0.556 bits per heavy atom. The van der Waals surface area contributed by atoms with Crippen LogP contribution in [0, 0.1) is 0 Å². The molecule has 0 nitrogen and oxygen atoms in total. The van der Waals surface area contributed by atoms with E-state index < -0.39 is 59.9 Å². The van der Waals surface area contributed by atoms with Crippen LogP contribution in [-0.4, -0.2) is 17.0 Å². The summed E-state index contributed by atoms with van der Waals surface area (Å²) in [6, 6.07) is 0. The molecule has 0 atom stereocenters. The van der Waals surface area contributed by atoms with E-state index in [4.69, 9.17) is 0 Å². The van der Waals surface area contributed by atoms with Crippen LogP contribution in [-0.2, 0) is 0 Å². The van der Waals surface area contributed by atoms with Gasteiger partial charge >= 0.3 is 134 Å². The van der Waals surface area contributed by atoms with E-state index in [9.17, 15) is 74.3 Å². The Morgan fingerprint density at radius 1 is 0.407 bits per heavy atom. The summed E-state index contributed by atoms with van der Waals surface area (Å²) in [7, 11) is -12.1. The quantitative estimate of drug-likeness (QED) is 0.275. The van der Waals surface area contributed by atoms with Crippen molar-refractivity contribution in [2.24, 2.45) is 0 Å². The van der Waals surface area contributed by atoms with E-state index in [1.165, 1.54) is 0 Å². The van der Waals surface area contributed by atoms with Crippen LogP contribution in [0.15, 0.2) is 35.7 Å². The fraction of sp³-hybridized carbons (Fsp3) is 0.333. The molecule has 0 amide bonds. The first kappa shape index (κ1) is 25.5. The van der Waals surface area contributed by atoms with Crippen LogP contribution in [0.3, 0.4) is 0 Å². The van der Waals surface area contributed by atoms with Gasteiger partial charge in [-0.2, -0.15) is 0 Å². The zero-order chi connectivity index (χ0) is 22.4. The van der Waals surface area contributed by atoms with Gasteiger partial charge < -0.3 is 0 Å². The van der Waals surface area contributed by atoms with Crippen LogP contribution in [0.25, 0.3) is 0 Å². The molecular formula is C9F17P. The summed E-state index contributed by atoms with van der Waals surface area (Å²) < 4.78 is 217. The molecule has 0 saturated carbocycles. The molecule has 0 heterocycles. The van der Waals surface area contributed by atoms with E-state index >= 15 is 0 Å². The third-order valence-corrected chi connectivity index (χ3v) is 6.32. The molecule has 0 unspecified atom stereocenters. The molecule has 0 aromatic rings. The molecule has 0 N–H and O–H groups in total. The summed E-state index contributed by atoms with van der Waals surface area (Å²) in [6.45, 7) is 0. The Kier molecular flexibility index (Phi) is 6.42. The Morgan fingerprint density at radius 3 is 0.667 bits per heavy atom. The standard InChI is InChI=1S/C9F17P/c10-1(4(13)14)7(19,20)27(25,26,8(21,22)2(11)5(15)16)9(23,24)3(12)6(17)18. The SMILES string of the molecule is FC(F)=C(F)C(F)(F)P(F)(F)(C(F)(F)C(F)=C(F)F)C(F)(F)C(F)=C(F)F. The summed E-state index contributed by atoms with van der Waals surface area (Å²) in [5.41, 5.74) is -24.8. The van der Waals surface area contributed by atoms with Crippen LogP contribution >= 0.6 is 7.22 Å². The summed E-state index contributed by atoms with van der Waals surface area (Å²) in [5.74, 6) is -15.4. The van der Waals surface area contributed by atoms with Crippen LogP contribution in [0.4, 0.5) is 74.3 Å². The molecule has 0 aliphatic rings. The minimum absolute atomic E-state index is 4.72. The fourth-order valence-corrected chi connectivity index (χ4v) is 3.73. The Bertz CT molecular complexity index is 605. The maximum absolute atomic E-state index is 14.0. The van der Waals surface area contributed by atoms with Crippen molar-refractivity contribution in [3.8, 4) is 0 Å². The van der Waals surface area contributed by atoms with Gasteiger partial charge in [-0.25, -0.2) is 0 Å². The Hall–Kier alpha value is -1.54. The van der Waals surface area contributed by atoms with E-state index in [0.717, 1.165) is 0 Å². The molecule has 0 rings (SSSR count). The van der Waals surface area contributed by atoms with E-state index in [0.29, 0.717) is 0 Å². The zero-order valence-electron chi connectivity index (χ0n) is 11.4. The van der Waals surface area contributed by atoms with Crippen LogP contribution < -0.4 is 0 Å². The molecule has 0 saturated heterocycles. The first-order valence-electron chi connectivity index (χ1n) is 5.34. The van der Waals surface area contributed by atoms with Gasteiger partial charge in [-0.05, 0) is 0 Å². The van der Waals surface area contributed by atoms with Gasteiger partial charge in [0.2, 0.25) is 0 Å². The van der Waals surface area contributed by atoms with Crippen LogP contribution in [0.5, 0.6) is 0 Å². The molecule has 160 valence electrons. The molecule has 0 spiro atoms. The van der Waals surface area contributed by atoms with Gasteiger partial charge in [0.1, 0.15) is 0 Å². The summed E-state index contributed by atoms with van der Waals surface area (Å²) in [5, 5.41) is 0. The van der Waals surface area contributed by atoms with Crippen molar-refractivity contribution in [2.75, 3.05) is 0 Å². The van der Waals surface area contributed by atoms with E-state index in [2.05, 4.69) is 0 Å². The molecule has 0 aliphatic carbocycles. The topological polar surface area (TPSA) is 0 Å². The van der Waals surface area contributed by atoms with Gasteiger partial charge in [-0.3, -0.25) is 0 Å². The molecule has 0 aromatic heterocycles. The minimum atomic E-state index is -12.1. The molecule has 0 fully saturated rings. The second kappa shape index (κ2) is 6.81. The zero-order valence-corrected chi connectivity index (χ0v) is 12.3. The van der Waals surface area contributed by atoms with Crippen molar-refractivity contribution in [3.05, 3.63) is 35.7 Å². The van der Waals surface area contributed by atoms with Crippen LogP contribution in [0.1, 0.15) is 0 Å². The molecular weight excluding hydrogens is 462 g/mol. The normalized spacial score (nSPS) is 14.9. The van der Waals surface area contributed by atoms with Crippen molar-refractivity contribution in [2.45, 2.75) is 17.0 Å². The predicted octanol–water partition coefficient (Wildman–Crippen LogP) is 8.32. The fourth-order valence-electron chi connectivity index (χ4n) is 1.39. The molecule has 18 heteroatoms. The van der Waals surface area contributed by atoms with Crippen molar-refractivity contribution in [3.63, 3.8) is 0 Å².